The van der Waals surface area contributed by atoms with Gasteiger partial charge in [0, 0.05) is 17.7 Å². The summed E-state index contributed by atoms with van der Waals surface area (Å²) in [4.78, 5) is 28.2. The number of nitrogens with zero attached hydrogens (tertiary/aromatic N) is 1. The lowest BCUT2D eigenvalue weighted by Crippen LogP contribution is -2.43. The first-order chi connectivity index (χ1) is 11.6. The molecule has 132 valence electrons. The van der Waals surface area contributed by atoms with Crippen molar-refractivity contribution < 1.29 is 14.3 Å². The molecule has 1 saturated heterocycles. The first kappa shape index (κ1) is 18.8. The molecule has 0 aliphatic carbocycles. The Bertz CT molecular complexity index is 549. The number of hydrogen-bond acceptors (Lipinski definition) is 4. The third-order valence-electron chi connectivity index (χ3n) is 4.64. The highest BCUT2D eigenvalue weighted by molar-refractivity contribution is 7.99. The number of amides is 1. The van der Waals surface area contributed by atoms with Crippen LogP contribution in [0.15, 0.2) is 35.2 Å². The topological polar surface area (TPSA) is 46.6 Å². The minimum Gasteiger partial charge on any atom is -0.463 e. The van der Waals surface area contributed by atoms with Gasteiger partial charge in [0.05, 0.1) is 6.04 Å². The molecule has 0 bridgehead atoms. The molecule has 1 amide bonds. The number of benzene rings is 1. The SMILES string of the molecule is CCC[C@@H](CSc1ccccc1)C1C(=O)OC[C@H](CC)N(C)C1=O. The molecule has 1 aromatic carbocycles. The lowest BCUT2D eigenvalue weighted by molar-refractivity contribution is -0.153. The van der Waals surface area contributed by atoms with Crippen LogP contribution < -0.4 is 0 Å². The fourth-order valence-electron chi connectivity index (χ4n) is 3.10. The van der Waals surface area contributed by atoms with Crippen molar-refractivity contribution in [1.82, 2.24) is 4.90 Å². The highest BCUT2D eigenvalue weighted by Gasteiger charge is 2.41. The Morgan fingerprint density at radius 1 is 1.25 bits per heavy atom. The van der Waals surface area contributed by atoms with Crippen LogP contribution in [-0.4, -0.2) is 42.2 Å². The number of hydrogen-bond donors (Lipinski definition) is 0. The summed E-state index contributed by atoms with van der Waals surface area (Å²) < 4.78 is 5.43. The van der Waals surface area contributed by atoms with Crippen LogP contribution in [0.4, 0.5) is 0 Å². The molecule has 2 rings (SSSR count). The minimum absolute atomic E-state index is 0.00161. The molecular formula is C19H27NO3S. The van der Waals surface area contributed by atoms with E-state index < -0.39 is 5.92 Å². The molecule has 1 fully saturated rings. The molecule has 1 aliphatic heterocycles. The number of thioether (sulfide) groups is 1. The quantitative estimate of drug-likeness (QED) is 0.429. The zero-order chi connectivity index (χ0) is 17.5. The first-order valence-electron chi connectivity index (χ1n) is 8.69. The van der Waals surface area contributed by atoms with E-state index in [0.717, 1.165) is 29.9 Å². The summed E-state index contributed by atoms with van der Waals surface area (Å²) in [6, 6.07) is 10.1. The molecule has 1 unspecified atom stereocenters. The maximum atomic E-state index is 12.9. The van der Waals surface area contributed by atoms with Crippen LogP contribution >= 0.6 is 11.8 Å². The third kappa shape index (κ3) is 4.53. The summed E-state index contributed by atoms with van der Waals surface area (Å²) in [5.41, 5.74) is 0. The second kappa shape index (κ2) is 9.11. The second-order valence-corrected chi connectivity index (χ2v) is 7.39. The first-order valence-corrected chi connectivity index (χ1v) is 9.68. The standard InChI is InChI=1S/C19H27NO3S/c1-4-9-14(13-24-16-10-7-6-8-11-16)17-18(21)20(3)15(5-2)12-23-19(17)22/h6-8,10-11,14-15,17H,4-5,9,12-13H2,1-3H3/t14-,15-,17?/m0/s1. The molecule has 24 heavy (non-hydrogen) atoms. The average molecular weight is 349 g/mol. The van der Waals surface area contributed by atoms with Gasteiger partial charge < -0.3 is 9.64 Å². The lowest BCUT2D eigenvalue weighted by Gasteiger charge is -2.28. The fraction of sp³-hybridized carbons (Fsp3) is 0.579. The van der Waals surface area contributed by atoms with Gasteiger partial charge in [0.1, 0.15) is 12.5 Å². The van der Waals surface area contributed by atoms with Crippen molar-refractivity contribution >= 4 is 23.6 Å². The second-order valence-electron chi connectivity index (χ2n) is 6.29. The summed E-state index contributed by atoms with van der Waals surface area (Å²) in [6.07, 6.45) is 2.58. The summed E-state index contributed by atoms with van der Waals surface area (Å²) in [5, 5.41) is 0. The molecule has 1 aliphatic rings. The van der Waals surface area contributed by atoms with E-state index in [1.54, 1.807) is 23.7 Å². The van der Waals surface area contributed by atoms with Crippen molar-refractivity contribution in [3.05, 3.63) is 30.3 Å². The van der Waals surface area contributed by atoms with E-state index in [0.29, 0.717) is 6.61 Å². The van der Waals surface area contributed by atoms with Crippen LogP contribution in [-0.2, 0) is 14.3 Å². The van der Waals surface area contributed by atoms with E-state index in [4.69, 9.17) is 4.74 Å². The molecular weight excluding hydrogens is 322 g/mol. The van der Waals surface area contributed by atoms with Gasteiger partial charge in [-0.3, -0.25) is 9.59 Å². The van der Waals surface area contributed by atoms with Crippen molar-refractivity contribution in [3.63, 3.8) is 0 Å². The van der Waals surface area contributed by atoms with Gasteiger partial charge in [0.25, 0.3) is 0 Å². The van der Waals surface area contributed by atoms with Crippen molar-refractivity contribution in [1.29, 1.82) is 0 Å². The number of esters is 1. The number of ether oxygens (including phenoxy) is 1. The van der Waals surface area contributed by atoms with E-state index in [1.165, 1.54) is 0 Å². The lowest BCUT2D eigenvalue weighted by atomic mass is 9.89. The van der Waals surface area contributed by atoms with Crippen LogP contribution in [0.5, 0.6) is 0 Å². The average Bonchev–Trinajstić information content (AvgIpc) is 2.70. The van der Waals surface area contributed by atoms with Crippen LogP contribution in [0.2, 0.25) is 0 Å². The largest absolute Gasteiger partial charge is 0.463 e. The van der Waals surface area contributed by atoms with Gasteiger partial charge in [-0.1, -0.05) is 38.5 Å². The number of rotatable bonds is 7. The van der Waals surface area contributed by atoms with Crippen molar-refractivity contribution in [2.75, 3.05) is 19.4 Å². The maximum Gasteiger partial charge on any atom is 0.318 e. The highest BCUT2D eigenvalue weighted by Crippen LogP contribution is 2.31. The normalized spacial score (nSPS) is 22.9. The smallest absolute Gasteiger partial charge is 0.318 e. The Balaban J connectivity index is 2.14. The van der Waals surface area contributed by atoms with Crippen LogP contribution in [0.25, 0.3) is 0 Å². The molecule has 0 spiro atoms. The number of carbonyl (C=O) groups is 2. The third-order valence-corrected chi connectivity index (χ3v) is 5.84. The monoisotopic (exact) mass is 349 g/mol. The van der Waals surface area contributed by atoms with Gasteiger partial charge in [-0.2, -0.15) is 0 Å². The molecule has 0 radical (unpaired) electrons. The van der Waals surface area contributed by atoms with E-state index in [-0.39, 0.29) is 23.8 Å². The highest BCUT2D eigenvalue weighted by atomic mass is 32.2. The maximum absolute atomic E-state index is 12.9. The molecule has 3 atom stereocenters. The van der Waals surface area contributed by atoms with Crippen LogP contribution in [0.1, 0.15) is 33.1 Å². The minimum atomic E-state index is -0.678. The van der Waals surface area contributed by atoms with Gasteiger partial charge in [-0.05, 0) is 30.9 Å². The Morgan fingerprint density at radius 3 is 2.58 bits per heavy atom. The van der Waals surface area contributed by atoms with E-state index in [1.807, 2.05) is 25.1 Å². The molecule has 5 heteroatoms. The summed E-state index contributed by atoms with van der Waals surface area (Å²) in [7, 11) is 1.79. The van der Waals surface area contributed by atoms with Crippen molar-refractivity contribution in [2.45, 2.75) is 44.0 Å². The Morgan fingerprint density at radius 2 is 1.96 bits per heavy atom. The van der Waals surface area contributed by atoms with Gasteiger partial charge >= 0.3 is 5.97 Å². The van der Waals surface area contributed by atoms with Crippen molar-refractivity contribution in [2.24, 2.45) is 11.8 Å². The zero-order valence-electron chi connectivity index (χ0n) is 14.7. The van der Waals surface area contributed by atoms with Crippen LogP contribution in [0, 0.1) is 11.8 Å². The zero-order valence-corrected chi connectivity index (χ0v) is 15.6. The Kier molecular flexibility index (Phi) is 7.16. The summed E-state index contributed by atoms with van der Waals surface area (Å²) in [6.45, 7) is 4.40. The molecule has 0 saturated carbocycles. The van der Waals surface area contributed by atoms with Gasteiger partial charge in [-0.15, -0.1) is 11.8 Å². The molecule has 0 aromatic heterocycles. The molecule has 1 heterocycles. The van der Waals surface area contributed by atoms with E-state index >= 15 is 0 Å². The predicted molar refractivity (Wildman–Crippen MR) is 96.9 cm³/mol. The number of cyclic esters (lactones) is 1. The summed E-state index contributed by atoms with van der Waals surface area (Å²) >= 11 is 1.70. The Hall–Kier alpha value is -1.49. The van der Waals surface area contributed by atoms with E-state index in [2.05, 4.69) is 19.1 Å². The molecule has 4 nitrogen and oxygen atoms in total. The number of carbonyl (C=O) groups excluding carboxylic acids is 2. The van der Waals surface area contributed by atoms with Crippen LogP contribution in [0.3, 0.4) is 0 Å². The molecule has 1 aromatic rings. The molecule has 0 N–H and O–H groups in total. The summed E-state index contributed by atoms with van der Waals surface area (Å²) in [5.74, 6) is -0.374. The Labute approximate surface area is 148 Å². The van der Waals surface area contributed by atoms with Gasteiger partial charge in [0.15, 0.2) is 0 Å². The van der Waals surface area contributed by atoms with Gasteiger partial charge in [0.2, 0.25) is 5.91 Å². The van der Waals surface area contributed by atoms with Gasteiger partial charge in [-0.25, -0.2) is 0 Å². The fourth-order valence-corrected chi connectivity index (χ4v) is 4.22. The van der Waals surface area contributed by atoms with Crippen molar-refractivity contribution in [3.8, 4) is 0 Å². The number of likely N-dealkylation sites (N-methyl/N-ethyl adjacent to an activating group) is 1. The predicted octanol–water partition coefficient (Wildman–Crippen LogP) is 3.61. The van der Waals surface area contributed by atoms with E-state index in [9.17, 15) is 9.59 Å².